The Morgan fingerprint density at radius 1 is 1.83 bits per heavy atom. The lowest BCUT2D eigenvalue weighted by Crippen LogP contribution is -2.47. The number of carbonyl (C=O) groups is 2. The van der Waals surface area contributed by atoms with Crippen molar-refractivity contribution >= 4 is 12.1 Å². The summed E-state index contributed by atoms with van der Waals surface area (Å²) >= 11 is 0. The van der Waals surface area contributed by atoms with Crippen molar-refractivity contribution in [2.75, 3.05) is 0 Å². The molecule has 1 fully saturated rings. The number of carboxylic acids is 1. The molecule has 0 aliphatic carbocycles. The fourth-order valence-electron chi connectivity index (χ4n) is 1.05. The van der Waals surface area contributed by atoms with E-state index in [4.69, 9.17) is 10.8 Å². The van der Waals surface area contributed by atoms with Crippen LogP contribution in [-0.2, 0) is 9.53 Å². The minimum atomic E-state index is -1.18. The summed E-state index contributed by atoms with van der Waals surface area (Å²) in [6.45, 7) is 1.64. The Labute approximate surface area is 68.7 Å². The Morgan fingerprint density at radius 2 is 2.42 bits per heavy atom. The lowest BCUT2D eigenvalue weighted by atomic mass is 10.1. The van der Waals surface area contributed by atoms with Crippen molar-refractivity contribution < 1.29 is 19.4 Å². The molecular weight excluding hydrogens is 164 g/mol. The molecule has 0 aromatic carbocycles. The van der Waals surface area contributed by atoms with E-state index in [1.54, 1.807) is 6.92 Å². The van der Waals surface area contributed by atoms with Crippen molar-refractivity contribution in [2.24, 2.45) is 5.73 Å². The van der Waals surface area contributed by atoms with Gasteiger partial charge in [-0.1, -0.05) is 0 Å². The van der Waals surface area contributed by atoms with E-state index in [9.17, 15) is 9.59 Å². The molecule has 1 aliphatic heterocycles. The van der Waals surface area contributed by atoms with Gasteiger partial charge >= 0.3 is 12.1 Å². The van der Waals surface area contributed by atoms with Crippen LogP contribution < -0.4 is 11.1 Å². The number of carbonyl (C=O) groups excluding carboxylic acids is 1. The lowest BCUT2D eigenvalue weighted by Gasteiger charge is -2.16. The highest BCUT2D eigenvalue weighted by molar-refractivity contribution is 5.77. The van der Waals surface area contributed by atoms with E-state index in [-0.39, 0.29) is 6.04 Å². The molecule has 0 radical (unpaired) electrons. The summed E-state index contributed by atoms with van der Waals surface area (Å²) in [5, 5.41) is 10.9. The van der Waals surface area contributed by atoms with Crippen molar-refractivity contribution in [2.45, 2.75) is 25.1 Å². The number of hydrogen-bond donors (Lipinski definition) is 3. The zero-order valence-electron chi connectivity index (χ0n) is 6.48. The fourth-order valence-corrected chi connectivity index (χ4v) is 1.05. The highest BCUT2D eigenvalue weighted by atomic mass is 16.6. The molecule has 0 aromatic rings. The van der Waals surface area contributed by atoms with Gasteiger partial charge in [-0.2, -0.15) is 0 Å². The number of carboxylic acid groups (broad SMARTS) is 1. The third kappa shape index (κ3) is 1.48. The Balaban J connectivity index is 2.63. The Hall–Kier alpha value is -1.30. The minimum absolute atomic E-state index is 0.358. The van der Waals surface area contributed by atoms with Gasteiger partial charge in [0.15, 0.2) is 0 Å². The van der Waals surface area contributed by atoms with Gasteiger partial charge in [-0.25, -0.2) is 4.79 Å². The molecule has 0 spiro atoms. The van der Waals surface area contributed by atoms with Crippen LogP contribution in [0.5, 0.6) is 0 Å². The highest BCUT2D eigenvalue weighted by Gasteiger charge is 2.38. The lowest BCUT2D eigenvalue weighted by molar-refractivity contribution is -0.140. The van der Waals surface area contributed by atoms with Crippen molar-refractivity contribution in [1.82, 2.24) is 5.32 Å². The number of amides is 1. The van der Waals surface area contributed by atoms with Gasteiger partial charge < -0.3 is 20.9 Å². The van der Waals surface area contributed by atoms with E-state index in [2.05, 4.69) is 10.1 Å². The second-order valence-corrected chi connectivity index (χ2v) is 2.67. The summed E-state index contributed by atoms with van der Waals surface area (Å²) in [5.74, 6) is -1.18. The third-order valence-corrected chi connectivity index (χ3v) is 1.72. The second-order valence-electron chi connectivity index (χ2n) is 2.67. The number of nitrogens with two attached hydrogens (primary N) is 1. The summed E-state index contributed by atoms with van der Waals surface area (Å²) in [6, 6.07) is -1.53. The monoisotopic (exact) mass is 174 g/mol. The molecular formula is C6H10N2O4. The third-order valence-electron chi connectivity index (χ3n) is 1.72. The quantitative estimate of drug-likeness (QED) is 0.493. The van der Waals surface area contributed by atoms with Crippen LogP contribution in [0.1, 0.15) is 6.92 Å². The van der Waals surface area contributed by atoms with Gasteiger partial charge in [0.05, 0.1) is 6.04 Å². The molecule has 0 saturated carbocycles. The zero-order valence-corrected chi connectivity index (χ0v) is 6.48. The molecule has 1 rings (SSSR count). The van der Waals surface area contributed by atoms with Gasteiger partial charge in [0.2, 0.25) is 0 Å². The number of hydrogen-bond acceptors (Lipinski definition) is 4. The predicted octanol–water partition coefficient (Wildman–Crippen LogP) is -1.10. The molecule has 0 bridgehead atoms. The molecule has 4 N–H and O–H groups in total. The van der Waals surface area contributed by atoms with Crippen LogP contribution in [0.2, 0.25) is 0 Å². The molecule has 6 heteroatoms. The molecule has 0 unspecified atom stereocenters. The molecule has 1 saturated heterocycles. The van der Waals surface area contributed by atoms with Gasteiger partial charge in [-0.15, -0.1) is 0 Å². The summed E-state index contributed by atoms with van der Waals surface area (Å²) < 4.78 is 4.64. The van der Waals surface area contributed by atoms with Crippen LogP contribution in [-0.4, -0.2) is 35.4 Å². The maximum atomic E-state index is 10.6. The number of aliphatic carboxylic acids is 1. The molecule has 1 amide bonds. The van der Waals surface area contributed by atoms with Crippen LogP contribution in [0.15, 0.2) is 0 Å². The first-order chi connectivity index (χ1) is 5.52. The first kappa shape index (κ1) is 8.79. The Morgan fingerprint density at radius 3 is 2.75 bits per heavy atom. The van der Waals surface area contributed by atoms with Crippen molar-refractivity contribution in [3.63, 3.8) is 0 Å². The number of cyclic esters (lactones) is 1. The summed E-state index contributed by atoms with van der Waals surface area (Å²) in [5.41, 5.74) is 5.26. The summed E-state index contributed by atoms with van der Waals surface area (Å²) in [7, 11) is 0. The normalized spacial score (nSPS) is 30.7. The minimum Gasteiger partial charge on any atom is -0.480 e. The average Bonchev–Trinajstić information content (AvgIpc) is 2.28. The molecule has 68 valence electrons. The highest BCUT2D eigenvalue weighted by Crippen LogP contribution is 2.10. The van der Waals surface area contributed by atoms with Crippen molar-refractivity contribution in [3.8, 4) is 0 Å². The van der Waals surface area contributed by atoms with Crippen LogP contribution in [0.4, 0.5) is 4.79 Å². The summed E-state index contributed by atoms with van der Waals surface area (Å²) in [6.07, 6.45) is -1.40. The van der Waals surface area contributed by atoms with Gasteiger partial charge in [0, 0.05) is 0 Å². The predicted molar refractivity (Wildman–Crippen MR) is 38.5 cm³/mol. The van der Waals surface area contributed by atoms with Crippen LogP contribution >= 0.6 is 0 Å². The van der Waals surface area contributed by atoms with Crippen LogP contribution in [0, 0.1) is 0 Å². The van der Waals surface area contributed by atoms with E-state index >= 15 is 0 Å². The second kappa shape index (κ2) is 2.98. The molecule has 6 nitrogen and oxygen atoms in total. The maximum Gasteiger partial charge on any atom is 0.407 e. The number of alkyl carbamates (subject to hydrolysis) is 1. The first-order valence-corrected chi connectivity index (χ1v) is 3.48. The largest absolute Gasteiger partial charge is 0.480 e. The van der Waals surface area contributed by atoms with Gasteiger partial charge in [-0.05, 0) is 6.92 Å². The Bertz CT molecular complexity index is 218. The Kier molecular flexibility index (Phi) is 2.18. The molecule has 0 aromatic heterocycles. The average molecular weight is 174 g/mol. The summed E-state index contributed by atoms with van der Waals surface area (Å²) in [4.78, 5) is 21.0. The van der Waals surface area contributed by atoms with Gasteiger partial charge in [0.1, 0.15) is 12.1 Å². The first-order valence-electron chi connectivity index (χ1n) is 3.48. The molecule has 1 aliphatic rings. The maximum absolute atomic E-state index is 10.6. The van der Waals surface area contributed by atoms with E-state index in [1.165, 1.54) is 0 Å². The standard InChI is InChI=1S/C6H10N2O4/c1-2-4(3(7)5(9)10)12-6(11)8-2/h2-4H,7H2,1H3,(H,8,11)(H,9,10)/t2-,3+,4-/m1/s1. The van der Waals surface area contributed by atoms with E-state index in [0.29, 0.717) is 0 Å². The molecule has 1 heterocycles. The number of ether oxygens (including phenoxy) is 1. The number of nitrogens with one attached hydrogen (secondary N) is 1. The SMILES string of the molecule is C[C@H]1NC(=O)O[C@H]1[C@H](N)C(=O)O. The van der Waals surface area contributed by atoms with Crippen molar-refractivity contribution in [3.05, 3.63) is 0 Å². The number of rotatable bonds is 2. The van der Waals surface area contributed by atoms with E-state index in [1.807, 2.05) is 0 Å². The van der Waals surface area contributed by atoms with E-state index in [0.717, 1.165) is 0 Å². The smallest absolute Gasteiger partial charge is 0.407 e. The fraction of sp³-hybridized carbons (Fsp3) is 0.667. The topological polar surface area (TPSA) is 102 Å². The van der Waals surface area contributed by atoms with Crippen LogP contribution in [0.3, 0.4) is 0 Å². The van der Waals surface area contributed by atoms with Gasteiger partial charge in [0.25, 0.3) is 0 Å². The zero-order chi connectivity index (χ0) is 9.30. The van der Waals surface area contributed by atoms with Gasteiger partial charge in [-0.3, -0.25) is 4.79 Å². The van der Waals surface area contributed by atoms with E-state index < -0.39 is 24.2 Å². The van der Waals surface area contributed by atoms with Crippen LogP contribution in [0.25, 0.3) is 0 Å². The molecule has 12 heavy (non-hydrogen) atoms. The molecule has 3 atom stereocenters. The van der Waals surface area contributed by atoms with Crippen molar-refractivity contribution in [1.29, 1.82) is 0 Å².